The van der Waals surface area contributed by atoms with E-state index in [1.165, 1.54) is 5.56 Å². The lowest BCUT2D eigenvalue weighted by molar-refractivity contribution is -0.144. The molecule has 3 amide bonds. The van der Waals surface area contributed by atoms with Gasteiger partial charge in [-0.2, -0.15) is 0 Å². The topological polar surface area (TPSA) is 75.7 Å². The molecule has 1 aromatic rings. The number of carbonyl (C=O) groups excluding carboxylic acids is 3. The maximum Gasteiger partial charge on any atom is 0.325 e. The summed E-state index contributed by atoms with van der Waals surface area (Å²) in [7, 11) is 0. The molecule has 0 aromatic heterocycles. The minimum absolute atomic E-state index is 0.00152. The molecule has 0 aliphatic carbocycles. The summed E-state index contributed by atoms with van der Waals surface area (Å²) < 4.78 is 4.99. The molecule has 136 valence electrons. The molecule has 0 saturated carbocycles. The summed E-state index contributed by atoms with van der Waals surface area (Å²) in [6.07, 6.45) is 0.737. The monoisotopic (exact) mass is 346 g/mol. The SMILES string of the molecule is CCCOC(=O)CCN1C(=O)N[C@@](C)(c2ccc(C(C)C)cc2)C1=O. The molecule has 1 aliphatic rings. The van der Waals surface area contributed by atoms with E-state index in [0.29, 0.717) is 12.5 Å². The number of imide groups is 1. The van der Waals surface area contributed by atoms with Crippen molar-refractivity contribution in [2.75, 3.05) is 13.2 Å². The van der Waals surface area contributed by atoms with Gasteiger partial charge in [-0.3, -0.25) is 14.5 Å². The van der Waals surface area contributed by atoms with E-state index in [1.807, 2.05) is 31.2 Å². The fourth-order valence-electron chi connectivity index (χ4n) is 2.79. The molecular weight excluding hydrogens is 320 g/mol. The van der Waals surface area contributed by atoms with Crippen LogP contribution in [0.3, 0.4) is 0 Å². The standard InChI is InChI=1S/C19H26N2O4/c1-5-12-25-16(22)10-11-21-17(23)19(4,20-18(21)24)15-8-6-14(7-9-15)13(2)3/h6-9,13H,5,10-12H2,1-4H3,(H,20,24)/t19-/m0/s1. The van der Waals surface area contributed by atoms with Gasteiger partial charge in [0.1, 0.15) is 5.54 Å². The molecule has 0 spiro atoms. The van der Waals surface area contributed by atoms with E-state index in [2.05, 4.69) is 19.2 Å². The van der Waals surface area contributed by atoms with Crippen LogP contribution in [0.15, 0.2) is 24.3 Å². The van der Waals surface area contributed by atoms with Crippen LogP contribution in [0.25, 0.3) is 0 Å². The van der Waals surface area contributed by atoms with Gasteiger partial charge in [0.15, 0.2) is 0 Å². The fourth-order valence-corrected chi connectivity index (χ4v) is 2.79. The normalized spacial score (nSPS) is 20.1. The molecule has 1 aliphatic heterocycles. The van der Waals surface area contributed by atoms with Gasteiger partial charge in [-0.15, -0.1) is 0 Å². The summed E-state index contributed by atoms with van der Waals surface area (Å²) in [6.45, 7) is 8.15. The lowest BCUT2D eigenvalue weighted by Gasteiger charge is -2.22. The number of hydrogen-bond donors (Lipinski definition) is 1. The van der Waals surface area contributed by atoms with Crippen LogP contribution in [-0.2, 0) is 19.9 Å². The number of rotatable bonds is 7. The number of esters is 1. The number of carbonyl (C=O) groups is 3. The smallest absolute Gasteiger partial charge is 0.325 e. The molecule has 6 heteroatoms. The lowest BCUT2D eigenvalue weighted by atomic mass is 9.90. The molecule has 2 rings (SSSR count). The maximum atomic E-state index is 12.8. The number of ether oxygens (including phenoxy) is 1. The minimum Gasteiger partial charge on any atom is -0.466 e. The molecule has 0 bridgehead atoms. The third-order valence-electron chi connectivity index (χ3n) is 4.44. The van der Waals surface area contributed by atoms with Gasteiger partial charge in [0.25, 0.3) is 5.91 Å². The average Bonchev–Trinajstić information content (AvgIpc) is 2.81. The van der Waals surface area contributed by atoms with Crippen molar-refractivity contribution in [3.8, 4) is 0 Å². The second kappa shape index (κ2) is 7.68. The van der Waals surface area contributed by atoms with Crippen molar-refractivity contribution in [3.63, 3.8) is 0 Å². The van der Waals surface area contributed by atoms with Crippen molar-refractivity contribution in [2.45, 2.75) is 52.0 Å². The highest BCUT2D eigenvalue weighted by Gasteiger charge is 2.48. The highest BCUT2D eigenvalue weighted by Crippen LogP contribution is 2.30. The lowest BCUT2D eigenvalue weighted by Crippen LogP contribution is -2.41. The first-order valence-corrected chi connectivity index (χ1v) is 8.69. The number of hydrogen-bond acceptors (Lipinski definition) is 4. The van der Waals surface area contributed by atoms with Crippen LogP contribution in [0.5, 0.6) is 0 Å². The van der Waals surface area contributed by atoms with Crippen molar-refractivity contribution in [1.82, 2.24) is 10.2 Å². The van der Waals surface area contributed by atoms with Gasteiger partial charge in [-0.05, 0) is 30.4 Å². The first kappa shape index (κ1) is 19.0. The highest BCUT2D eigenvalue weighted by molar-refractivity contribution is 6.07. The van der Waals surface area contributed by atoms with Gasteiger partial charge in [-0.1, -0.05) is 45.0 Å². The van der Waals surface area contributed by atoms with Crippen molar-refractivity contribution in [1.29, 1.82) is 0 Å². The number of benzene rings is 1. The molecule has 1 saturated heterocycles. The molecule has 1 heterocycles. The molecule has 6 nitrogen and oxygen atoms in total. The summed E-state index contributed by atoms with van der Waals surface area (Å²) in [5.74, 6) is -0.364. The van der Waals surface area contributed by atoms with Crippen molar-refractivity contribution in [3.05, 3.63) is 35.4 Å². The molecular formula is C19H26N2O4. The van der Waals surface area contributed by atoms with Crippen molar-refractivity contribution in [2.24, 2.45) is 0 Å². The van der Waals surface area contributed by atoms with Gasteiger partial charge < -0.3 is 10.1 Å². The first-order chi connectivity index (χ1) is 11.8. The Balaban J connectivity index is 2.09. The molecule has 1 N–H and O–H groups in total. The summed E-state index contributed by atoms with van der Waals surface area (Å²) >= 11 is 0. The van der Waals surface area contributed by atoms with E-state index in [9.17, 15) is 14.4 Å². The van der Waals surface area contributed by atoms with Crippen LogP contribution in [0.4, 0.5) is 4.79 Å². The summed E-state index contributed by atoms with van der Waals surface area (Å²) in [6, 6.07) is 7.19. The zero-order valence-corrected chi connectivity index (χ0v) is 15.3. The Labute approximate surface area is 148 Å². The van der Waals surface area contributed by atoms with Crippen LogP contribution in [-0.4, -0.2) is 36.0 Å². The zero-order valence-electron chi connectivity index (χ0n) is 15.3. The quantitative estimate of drug-likeness (QED) is 0.608. The van der Waals surface area contributed by atoms with Gasteiger partial charge in [-0.25, -0.2) is 4.79 Å². The van der Waals surface area contributed by atoms with Gasteiger partial charge in [0.2, 0.25) is 0 Å². The second-order valence-electron chi connectivity index (χ2n) is 6.76. The average molecular weight is 346 g/mol. The van der Waals surface area contributed by atoms with E-state index in [1.54, 1.807) is 6.92 Å². The summed E-state index contributed by atoms with van der Waals surface area (Å²) in [4.78, 5) is 37.7. The van der Waals surface area contributed by atoms with E-state index in [-0.39, 0.29) is 18.9 Å². The molecule has 1 atom stereocenters. The van der Waals surface area contributed by atoms with E-state index in [0.717, 1.165) is 16.9 Å². The molecule has 0 radical (unpaired) electrons. The van der Waals surface area contributed by atoms with Crippen LogP contribution < -0.4 is 5.32 Å². The largest absolute Gasteiger partial charge is 0.466 e. The van der Waals surface area contributed by atoms with E-state index < -0.39 is 17.5 Å². The number of urea groups is 1. The Kier molecular flexibility index (Phi) is 5.82. The van der Waals surface area contributed by atoms with Crippen LogP contribution in [0, 0.1) is 0 Å². The van der Waals surface area contributed by atoms with Gasteiger partial charge in [0.05, 0.1) is 13.0 Å². The van der Waals surface area contributed by atoms with Crippen LogP contribution >= 0.6 is 0 Å². The third kappa shape index (κ3) is 4.00. The maximum absolute atomic E-state index is 12.8. The Hall–Kier alpha value is -2.37. The van der Waals surface area contributed by atoms with Gasteiger partial charge >= 0.3 is 12.0 Å². The predicted octanol–water partition coefficient (Wildman–Crippen LogP) is 2.92. The predicted molar refractivity (Wildman–Crippen MR) is 94.0 cm³/mol. The number of nitrogens with zero attached hydrogens (tertiary/aromatic N) is 1. The number of amides is 3. The minimum atomic E-state index is -1.11. The zero-order chi connectivity index (χ0) is 18.6. The molecule has 0 unspecified atom stereocenters. The Morgan fingerprint density at radius 2 is 1.88 bits per heavy atom. The summed E-state index contributed by atoms with van der Waals surface area (Å²) in [5.41, 5.74) is 0.783. The van der Waals surface area contributed by atoms with Crippen molar-refractivity contribution < 1.29 is 19.1 Å². The third-order valence-corrected chi connectivity index (χ3v) is 4.44. The second-order valence-corrected chi connectivity index (χ2v) is 6.76. The van der Waals surface area contributed by atoms with Crippen molar-refractivity contribution >= 4 is 17.9 Å². The van der Waals surface area contributed by atoms with Crippen LogP contribution in [0.2, 0.25) is 0 Å². The first-order valence-electron chi connectivity index (χ1n) is 8.69. The Bertz CT molecular complexity index is 654. The fraction of sp³-hybridized carbons (Fsp3) is 0.526. The molecule has 1 fully saturated rings. The molecule has 1 aromatic carbocycles. The molecule has 25 heavy (non-hydrogen) atoms. The van der Waals surface area contributed by atoms with Crippen LogP contribution in [0.1, 0.15) is 57.6 Å². The number of nitrogens with one attached hydrogen (secondary N) is 1. The summed E-state index contributed by atoms with van der Waals surface area (Å²) in [5, 5.41) is 2.75. The van der Waals surface area contributed by atoms with E-state index in [4.69, 9.17) is 4.74 Å². The van der Waals surface area contributed by atoms with E-state index >= 15 is 0 Å². The Morgan fingerprint density at radius 3 is 2.44 bits per heavy atom. The Morgan fingerprint density at radius 1 is 1.24 bits per heavy atom. The van der Waals surface area contributed by atoms with Gasteiger partial charge in [0, 0.05) is 6.54 Å². The highest BCUT2D eigenvalue weighted by atomic mass is 16.5.